The van der Waals surface area contributed by atoms with Crippen LogP contribution < -0.4 is 0 Å². The van der Waals surface area contributed by atoms with Gasteiger partial charge in [-0.05, 0) is 11.6 Å². The number of esters is 1. The second kappa shape index (κ2) is 6.17. The molecule has 0 aliphatic heterocycles. The van der Waals surface area contributed by atoms with Crippen molar-refractivity contribution in [3.63, 3.8) is 0 Å². The Kier molecular flexibility index (Phi) is 4.32. The van der Waals surface area contributed by atoms with Crippen LogP contribution >= 0.6 is 0 Å². The first-order chi connectivity index (χ1) is 10.1. The standard InChI is InChI=1S/C14H15N3O4/c1-9(18)17(16-20)13(14(19)21-2)7-10-8-15-12-6-4-3-5-11(10)12/h3-6,8,13,15H,7H2,1-2H3. The zero-order valence-corrected chi connectivity index (χ0v) is 11.7. The van der Waals surface area contributed by atoms with Crippen LogP contribution in [0.15, 0.2) is 35.7 Å². The lowest BCUT2D eigenvalue weighted by atomic mass is 10.0. The Morgan fingerprint density at radius 3 is 2.71 bits per heavy atom. The molecule has 0 aliphatic rings. The molecule has 1 N–H and O–H groups in total. The molecule has 7 nitrogen and oxygen atoms in total. The van der Waals surface area contributed by atoms with Gasteiger partial charge in [-0.2, -0.15) is 5.01 Å². The molecular weight excluding hydrogens is 274 g/mol. The van der Waals surface area contributed by atoms with Gasteiger partial charge in [0.15, 0.2) is 6.04 Å². The molecule has 1 atom stereocenters. The van der Waals surface area contributed by atoms with Gasteiger partial charge in [0, 0.05) is 30.4 Å². The van der Waals surface area contributed by atoms with Gasteiger partial charge in [0.2, 0.25) is 5.91 Å². The Labute approximate surface area is 120 Å². The Hall–Kier alpha value is -2.70. The quantitative estimate of drug-likeness (QED) is 0.516. The van der Waals surface area contributed by atoms with E-state index in [1.54, 1.807) is 6.20 Å². The largest absolute Gasteiger partial charge is 0.467 e. The van der Waals surface area contributed by atoms with Crippen LogP contribution in [-0.2, 0) is 20.7 Å². The van der Waals surface area contributed by atoms with E-state index in [1.807, 2.05) is 24.3 Å². The number of aromatic amines is 1. The number of methoxy groups -OCH3 is 1. The van der Waals surface area contributed by atoms with Gasteiger partial charge < -0.3 is 9.72 Å². The van der Waals surface area contributed by atoms with Gasteiger partial charge in [0.05, 0.1) is 12.4 Å². The Morgan fingerprint density at radius 1 is 1.38 bits per heavy atom. The van der Waals surface area contributed by atoms with E-state index in [4.69, 9.17) is 0 Å². The van der Waals surface area contributed by atoms with Crippen molar-refractivity contribution >= 4 is 22.8 Å². The number of nitrogens with one attached hydrogen (secondary N) is 1. The smallest absolute Gasteiger partial charge is 0.331 e. The number of H-pyrrole nitrogens is 1. The van der Waals surface area contributed by atoms with Gasteiger partial charge in [0.25, 0.3) is 0 Å². The molecule has 1 amide bonds. The van der Waals surface area contributed by atoms with Gasteiger partial charge in [-0.15, -0.1) is 4.91 Å². The molecule has 2 aromatic rings. The number of hydrogen-bond acceptors (Lipinski definition) is 5. The number of hydrogen-bond donors (Lipinski definition) is 1. The summed E-state index contributed by atoms with van der Waals surface area (Å²) in [6.45, 7) is 1.17. The average Bonchev–Trinajstić information content (AvgIpc) is 2.89. The van der Waals surface area contributed by atoms with Crippen LogP contribution in [0.5, 0.6) is 0 Å². The Bertz CT molecular complexity index is 680. The molecule has 1 unspecified atom stereocenters. The van der Waals surface area contributed by atoms with Crippen molar-refractivity contribution in [2.24, 2.45) is 5.29 Å². The Balaban J connectivity index is 2.36. The summed E-state index contributed by atoms with van der Waals surface area (Å²) < 4.78 is 4.66. The SMILES string of the molecule is COC(=O)C(Cc1c[nH]c2ccccc12)N(N=O)C(C)=O. The van der Waals surface area contributed by atoms with Crippen LogP contribution in [0.2, 0.25) is 0 Å². The fourth-order valence-corrected chi connectivity index (χ4v) is 2.25. The molecule has 1 heterocycles. The van der Waals surface area contributed by atoms with Crippen molar-refractivity contribution in [2.45, 2.75) is 19.4 Å². The number of nitrogens with zero attached hydrogens (tertiary/aromatic N) is 2. The number of amides is 1. The van der Waals surface area contributed by atoms with E-state index < -0.39 is 17.9 Å². The monoisotopic (exact) mass is 289 g/mol. The number of ether oxygens (including phenoxy) is 1. The van der Waals surface area contributed by atoms with Crippen LogP contribution in [-0.4, -0.2) is 35.0 Å². The summed E-state index contributed by atoms with van der Waals surface area (Å²) in [6.07, 6.45) is 1.88. The van der Waals surface area contributed by atoms with Crippen LogP contribution in [0.25, 0.3) is 10.9 Å². The maximum absolute atomic E-state index is 11.9. The average molecular weight is 289 g/mol. The van der Waals surface area contributed by atoms with Crippen LogP contribution in [0.4, 0.5) is 0 Å². The summed E-state index contributed by atoms with van der Waals surface area (Å²) >= 11 is 0. The van der Waals surface area contributed by atoms with E-state index >= 15 is 0 Å². The molecule has 0 spiro atoms. The summed E-state index contributed by atoms with van der Waals surface area (Å²) in [6, 6.07) is 6.46. The van der Waals surface area contributed by atoms with Gasteiger partial charge in [-0.3, -0.25) is 4.79 Å². The number of carbonyl (C=O) groups excluding carboxylic acids is 2. The number of carbonyl (C=O) groups is 2. The molecule has 0 bridgehead atoms. The van der Waals surface area contributed by atoms with Gasteiger partial charge in [-0.1, -0.05) is 18.2 Å². The fourth-order valence-electron chi connectivity index (χ4n) is 2.25. The van der Waals surface area contributed by atoms with E-state index in [1.165, 1.54) is 14.0 Å². The fraction of sp³-hybridized carbons (Fsp3) is 0.286. The second-order valence-corrected chi connectivity index (χ2v) is 4.55. The number of para-hydroxylation sites is 1. The number of fused-ring (bicyclic) bond motifs is 1. The zero-order valence-electron chi connectivity index (χ0n) is 11.7. The lowest BCUT2D eigenvalue weighted by Gasteiger charge is -2.21. The summed E-state index contributed by atoms with van der Waals surface area (Å²) in [5.74, 6) is -1.30. The first-order valence-corrected chi connectivity index (χ1v) is 6.34. The third-order valence-electron chi connectivity index (χ3n) is 3.27. The third kappa shape index (κ3) is 2.91. The van der Waals surface area contributed by atoms with Crippen molar-refractivity contribution in [3.05, 3.63) is 40.9 Å². The molecule has 7 heteroatoms. The normalized spacial score (nSPS) is 11.9. The third-order valence-corrected chi connectivity index (χ3v) is 3.27. The van der Waals surface area contributed by atoms with Crippen LogP contribution in [0.3, 0.4) is 0 Å². The highest BCUT2D eigenvalue weighted by Crippen LogP contribution is 2.21. The summed E-state index contributed by atoms with van der Waals surface area (Å²) in [7, 11) is 1.20. The highest BCUT2D eigenvalue weighted by atomic mass is 16.5. The van der Waals surface area contributed by atoms with Crippen molar-refractivity contribution < 1.29 is 14.3 Å². The van der Waals surface area contributed by atoms with Gasteiger partial charge in [-0.25, -0.2) is 4.79 Å². The van der Waals surface area contributed by atoms with Crippen molar-refractivity contribution in [3.8, 4) is 0 Å². The van der Waals surface area contributed by atoms with E-state index in [0.717, 1.165) is 16.5 Å². The zero-order chi connectivity index (χ0) is 15.4. The predicted molar refractivity (Wildman–Crippen MR) is 76.1 cm³/mol. The van der Waals surface area contributed by atoms with E-state index in [9.17, 15) is 14.5 Å². The molecule has 0 saturated carbocycles. The summed E-state index contributed by atoms with van der Waals surface area (Å²) in [5.41, 5.74) is 1.71. The minimum atomic E-state index is -1.08. The van der Waals surface area contributed by atoms with Crippen molar-refractivity contribution in [2.75, 3.05) is 7.11 Å². The maximum Gasteiger partial charge on any atom is 0.331 e. The summed E-state index contributed by atoms with van der Waals surface area (Å²) in [4.78, 5) is 37.2. The molecule has 0 radical (unpaired) electrons. The topological polar surface area (TPSA) is 91.8 Å². The first kappa shape index (κ1) is 14.7. The molecule has 1 aromatic carbocycles. The molecule has 21 heavy (non-hydrogen) atoms. The van der Waals surface area contributed by atoms with E-state index in [2.05, 4.69) is 15.0 Å². The van der Waals surface area contributed by atoms with Crippen LogP contribution in [0.1, 0.15) is 12.5 Å². The molecule has 0 saturated heterocycles. The predicted octanol–water partition coefficient (Wildman–Crippen LogP) is 1.78. The molecule has 110 valence electrons. The van der Waals surface area contributed by atoms with Gasteiger partial charge in [0.1, 0.15) is 0 Å². The van der Waals surface area contributed by atoms with Crippen molar-refractivity contribution in [1.82, 2.24) is 9.99 Å². The van der Waals surface area contributed by atoms with Crippen LogP contribution in [0, 0.1) is 4.91 Å². The number of aromatic nitrogens is 1. The van der Waals surface area contributed by atoms with E-state index in [0.29, 0.717) is 5.01 Å². The first-order valence-electron chi connectivity index (χ1n) is 6.34. The molecule has 0 aliphatic carbocycles. The number of rotatable bonds is 5. The molecule has 2 rings (SSSR count). The number of benzene rings is 1. The van der Waals surface area contributed by atoms with E-state index in [-0.39, 0.29) is 6.42 Å². The highest BCUT2D eigenvalue weighted by molar-refractivity contribution is 5.86. The summed E-state index contributed by atoms with van der Waals surface area (Å²) in [5, 5.41) is 4.16. The minimum absolute atomic E-state index is 0.141. The Morgan fingerprint density at radius 2 is 2.10 bits per heavy atom. The maximum atomic E-state index is 11.9. The van der Waals surface area contributed by atoms with Gasteiger partial charge >= 0.3 is 5.97 Å². The second-order valence-electron chi connectivity index (χ2n) is 4.55. The van der Waals surface area contributed by atoms with Crippen molar-refractivity contribution in [1.29, 1.82) is 0 Å². The lowest BCUT2D eigenvalue weighted by molar-refractivity contribution is -0.152. The molecular formula is C14H15N3O4. The highest BCUT2D eigenvalue weighted by Gasteiger charge is 2.31. The lowest BCUT2D eigenvalue weighted by Crippen LogP contribution is -2.42. The molecule has 1 aromatic heterocycles. The number of nitroso groups, excluding NO2 is 1. The molecule has 0 fully saturated rings. The minimum Gasteiger partial charge on any atom is -0.467 e.